The number of carbonyl (C=O) groups excluding carboxylic acids is 1. The number of aryl methyl sites for hydroxylation is 1. The predicted molar refractivity (Wildman–Crippen MR) is 154 cm³/mol. The smallest absolute Gasteiger partial charge is 0.416 e. The Hall–Kier alpha value is -3.69. The van der Waals surface area contributed by atoms with E-state index in [0.717, 1.165) is 25.0 Å². The molecule has 3 aliphatic heterocycles. The number of ether oxygens (including phenoxy) is 2. The second-order valence-electron chi connectivity index (χ2n) is 12.2. The van der Waals surface area contributed by atoms with Gasteiger partial charge in [0.25, 0.3) is 5.91 Å². The van der Waals surface area contributed by atoms with Gasteiger partial charge in [0, 0.05) is 49.3 Å². The number of halogens is 5. The van der Waals surface area contributed by atoms with E-state index in [1.54, 1.807) is 9.58 Å². The molecule has 0 spiro atoms. The molecule has 45 heavy (non-hydrogen) atoms. The van der Waals surface area contributed by atoms with E-state index in [-0.39, 0.29) is 53.7 Å². The maximum absolute atomic E-state index is 15.1. The van der Waals surface area contributed by atoms with Crippen LogP contribution in [0.4, 0.5) is 29.1 Å². The number of benzene rings is 1. The first kappa shape index (κ1) is 30.0. The van der Waals surface area contributed by atoms with Crippen LogP contribution in [0.5, 0.6) is 6.01 Å². The number of amides is 1. The molecule has 4 aliphatic rings. The van der Waals surface area contributed by atoms with Crippen molar-refractivity contribution in [3.8, 4) is 6.01 Å². The van der Waals surface area contributed by atoms with Gasteiger partial charge in [-0.2, -0.15) is 28.2 Å². The fraction of sp³-hybridized carbons (Fsp3) is 0.517. The monoisotopic (exact) mass is 650 g/mol. The van der Waals surface area contributed by atoms with Crippen molar-refractivity contribution >= 4 is 29.0 Å². The maximum Gasteiger partial charge on any atom is 0.416 e. The van der Waals surface area contributed by atoms with Crippen LogP contribution in [0, 0.1) is 11.7 Å². The molecule has 11 nitrogen and oxygen atoms in total. The summed E-state index contributed by atoms with van der Waals surface area (Å²) in [5, 5.41) is 4.84. The molecule has 3 aromatic rings. The SMILES string of the molecule is COc1nc2c(c(N3CCCn4nc(C(=O)N5CC6CCC6(N)C5)c(Cl)c4C3)n1)COC(c1c(C(F)(F)F)ccc(N)c1F)C2. The summed E-state index contributed by atoms with van der Waals surface area (Å²) in [6.45, 7) is 2.12. The summed E-state index contributed by atoms with van der Waals surface area (Å²) in [7, 11) is 1.38. The summed E-state index contributed by atoms with van der Waals surface area (Å²) in [5.74, 6) is -0.700. The van der Waals surface area contributed by atoms with Gasteiger partial charge in [0.15, 0.2) is 11.5 Å². The van der Waals surface area contributed by atoms with Crippen molar-refractivity contribution < 1.29 is 31.8 Å². The Labute approximate surface area is 260 Å². The first-order valence-corrected chi connectivity index (χ1v) is 15.0. The summed E-state index contributed by atoms with van der Waals surface area (Å²) < 4.78 is 69.6. The van der Waals surface area contributed by atoms with Crippen molar-refractivity contribution in [2.45, 2.75) is 63.2 Å². The normalized spacial score (nSPS) is 24.4. The molecule has 240 valence electrons. The highest BCUT2D eigenvalue weighted by atomic mass is 35.5. The number of alkyl halides is 3. The molecule has 7 rings (SSSR count). The van der Waals surface area contributed by atoms with Crippen LogP contribution in [-0.4, -0.2) is 62.8 Å². The second-order valence-corrected chi connectivity index (χ2v) is 12.5. The average molecular weight is 651 g/mol. The number of carbonyl (C=O) groups is 1. The van der Waals surface area contributed by atoms with E-state index in [9.17, 15) is 18.0 Å². The lowest BCUT2D eigenvalue weighted by Gasteiger charge is -2.39. The summed E-state index contributed by atoms with van der Waals surface area (Å²) in [5.41, 5.74) is 11.2. The summed E-state index contributed by atoms with van der Waals surface area (Å²) in [4.78, 5) is 26.1. The molecule has 3 unspecified atom stereocenters. The van der Waals surface area contributed by atoms with Gasteiger partial charge >= 0.3 is 12.2 Å². The van der Waals surface area contributed by atoms with Gasteiger partial charge in [-0.1, -0.05) is 11.6 Å². The van der Waals surface area contributed by atoms with Gasteiger partial charge in [-0.3, -0.25) is 9.48 Å². The highest BCUT2D eigenvalue weighted by molar-refractivity contribution is 6.34. The number of likely N-dealkylation sites (tertiary alicyclic amines) is 1. The number of nitrogens with zero attached hydrogens (tertiary/aromatic N) is 6. The van der Waals surface area contributed by atoms with Crippen molar-refractivity contribution in [1.29, 1.82) is 0 Å². The Balaban J connectivity index is 1.20. The van der Waals surface area contributed by atoms with Crippen LogP contribution in [0.2, 0.25) is 5.02 Å². The molecule has 2 fully saturated rings. The number of nitrogens with two attached hydrogens (primary N) is 2. The third-order valence-corrected chi connectivity index (χ3v) is 9.89. The van der Waals surface area contributed by atoms with Crippen LogP contribution in [0.1, 0.15) is 63.9 Å². The first-order valence-electron chi connectivity index (χ1n) is 14.7. The molecule has 2 aromatic heterocycles. The van der Waals surface area contributed by atoms with Gasteiger partial charge in [0.05, 0.1) is 54.0 Å². The Morgan fingerprint density at radius 2 is 2.04 bits per heavy atom. The molecule has 1 amide bonds. The van der Waals surface area contributed by atoms with E-state index in [2.05, 4.69) is 15.1 Å². The fourth-order valence-electron chi connectivity index (χ4n) is 6.93. The van der Waals surface area contributed by atoms with Crippen LogP contribution in [0.3, 0.4) is 0 Å². The minimum Gasteiger partial charge on any atom is -0.467 e. The molecule has 1 saturated carbocycles. The van der Waals surface area contributed by atoms with Gasteiger partial charge in [-0.25, -0.2) is 4.39 Å². The van der Waals surface area contributed by atoms with E-state index in [1.807, 2.05) is 4.90 Å². The topological polar surface area (TPSA) is 138 Å². The lowest BCUT2D eigenvalue weighted by Crippen LogP contribution is -2.54. The number of anilines is 2. The zero-order chi connectivity index (χ0) is 31.8. The number of rotatable bonds is 4. The molecule has 1 aliphatic carbocycles. The summed E-state index contributed by atoms with van der Waals surface area (Å²) in [6, 6.07) is 1.64. The summed E-state index contributed by atoms with van der Waals surface area (Å²) >= 11 is 6.82. The van der Waals surface area contributed by atoms with Crippen LogP contribution in [0.15, 0.2) is 12.1 Å². The zero-order valence-corrected chi connectivity index (χ0v) is 25.1. The van der Waals surface area contributed by atoms with E-state index in [1.165, 1.54) is 7.11 Å². The van der Waals surface area contributed by atoms with Gasteiger partial charge in [0.1, 0.15) is 5.82 Å². The van der Waals surface area contributed by atoms with E-state index < -0.39 is 34.9 Å². The van der Waals surface area contributed by atoms with Gasteiger partial charge in [-0.15, -0.1) is 0 Å². The Bertz CT molecular complexity index is 1700. The van der Waals surface area contributed by atoms with Gasteiger partial charge in [0.2, 0.25) is 0 Å². The Morgan fingerprint density at radius 1 is 1.24 bits per heavy atom. The average Bonchev–Trinajstić information content (AvgIpc) is 3.31. The van der Waals surface area contributed by atoms with Crippen LogP contribution >= 0.6 is 11.6 Å². The molecule has 1 aromatic carbocycles. The summed E-state index contributed by atoms with van der Waals surface area (Å²) in [6.07, 6.45) is -3.78. The number of hydrogen-bond donors (Lipinski definition) is 2. The quantitative estimate of drug-likeness (QED) is 0.319. The van der Waals surface area contributed by atoms with Crippen molar-refractivity contribution in [1.82, 2.24) is 24.6 Å². The van der Waals surface area contributed by atoms with Crippen molar-refractivity contribution in [3.05, 3.63) is 56.7 Å². The van der Waals surface area contributed by atoms with E-state index >= 15 is 4.39 Å². The van der Waals surface area contributed by atoms with Crippen LogP contribution in [-0.2, 0) is 37.0 Å². The fourth-order valence-corrected chi connectivity index (χ4v) is 7.21. The van der Waals surface area contributed by atoms with Gasteiger partial charge in [-0.05, 0) is 37.3 Å². The molecule has 0 bridgehead atoms. The van der Waals surface area contributed by atoms with Crippen LogP contribution in [0.25, 0.3) is 0 Å². The Kier molecular flexibility index (Phi) is 7.13. The molecular weight excluding hydrogens is 620 g/mol. The predicted octanol–water partition coefficient (Wildman–Crippen LogP) is 3.86. The number of hydrogen-bond acceptors (Lipinski definition) is 9. The van der Waals surface area contributed by atoms with Crippen molar-refractivity contribution in [3.63, 3.8) is 0 Å². The standard InChI is InChI=1S/C29H31ClF4N8O3/c1-44-27-37-18-9-20(21-16(29(32,33)34)3-4-17(35)23(21)31)45-12-15(18)25(38-27)40-7-2-8-42-19(11-40)22(30)24(39-42)26(43)41-10-14-5-6-28(14,36)13-41/h3-4,14,20H,2,5-13,35-36H2,1H3. The zero-order valence-electron chi connectivity index (χ0n) is 24.3. The highest BCUT2D eigenvalue weighted by Crippen LogP contribution is 2.45. The molecule has 5 heterocycles. The lowest BCUT2D eigenvalue weighted by atomic mass is 9.70. The number of methoxy groups -OCH3 is 1. The molecule has 0 radical (unpaired) electrons. The number of fused-ring (bicyclic) bond motifs is 3. The van der Waals surface area contributed by atoms with E-state index in [0.29, 0.717) is 55.4 Å². The minimum atomic E-state index is -4.82. The lowest BCUT2D eigenvalue weighted by molar-refractivity contribution is -0.140. The third-order valence-electron chi connectivity index (χ3n) is 9.50. The maximum atomic E-state index is 15.1. The number of nitrogen functional groups attached to an aromatic ring is 1. The Morgan fingerprint density at radius 3 is 2.71 bits per heavy atom. The van der Waals surface area contributed by atoms with Gasteiger partial charge < -0.3 is 30.7 Å². The molecule has 1 saturated heterocycles. The molecule has 4 N–H and O–H groups in total. The van der Waals surface area contributed by atoms with Crippen molar-refractivity contribution in [2.75, 3.05) is 37.4 Å². The highest BCUT2D eigenvalue weighted by Gasteiger charge is 2.52. The molecule has 3 atom stereocenters. The minimum absolute atomic E-state index is 0.00686. The third kappa shape index (κ3) is 4.95. The second kappa shape index (κ2) is 10.7. The molecular formula is C29H31ClF4N8O3. The first-order chi connectivity index (χ1) is 21.4. The molecule has 16 heteroatoms. The number of aromatic nitrogens is 4. The largest absolute Gasteiger partial charge is 0.467 e. The van der Waals surface area contributed by atoms with Crippen molar-refractivity contribution in [2.24, 2.45) is 11.7 Å². The van der Waals surface area contributed by atoms with Crippen LogP contribution < -0.4 is 21.1 Å². The van der Waals surface area contributed by atoms with E-state index in [4.69, 9.17) is 32.5 Å².